The van der Waals surface area contributed by atoms with E-state index in [0.717, 1.165) is 0 Å². The largest absolute Gasteiger partial charge is 0.396 e. The summed E-state index contributed by atoms with van der Waals surface area (Å²) in [6, 6.07) is 7.44. The van der Waals surface area contributed by atoms with Gasteiger partial charge in [-0.3, -0.25) is 4.79 Å². The Hall–Kier alpha value is -2.43. The summed E-state index contributed by atoms with van der Waals surface area (Å²) >= 11 is 0. The average molecular weight is 231 g/mol. The molecule has 1 aromatic carbocycles. The number of primary amides is 1. The molecule has 1 amide bonds. The molecule has 0 aliphatic rings. The number of nitrogens with zero attached hydrogens (tertiary/aromatic N) is 1. The maximum atomic E-state index is 12.8. The lowest BCUT2D eigenvalue weighted by Gasteiger charge is -2.08. The summed E-state index contributed by atoms with van der Waals surface area (Å²) in [5, 5.41) is 0. The number of benzene rings is 1. The summed E-state index contributed by atoms with van der Waals surface area (Å²) in [7, 11) is 0. The van der Waals surface area contributed by atoms with Crippen molar-refractivity contribution in [2.75, 3.05) is 5.73 Å². The average Bonchev–Trinajstić information content (AvgIpc) is 2.30. The molecule has 0 fully saturated rings. The minimum atomic E-state index is -0.688. The van der Waals surface area contributed by atoms with E-state index in [1.54, 1.807) is 18.2 Å². The van der Waals surface area contributed by atoms with Crippen molar-refractivity contribution in [3.8, 4) is 11.1 Å². The molecule has 5 heteroatoms. The van der Waals surface area contributed by atoms with Crippen molar-refractivity contribution < 1.29 is 9.18 Å². The predicted octanol–water partition coefficient (Wildman–Crippen LogP) is 1.57. The molecule has 0 atom stereocenters. The number of halogens is 1. The van der Waals surface area contributed by atoms with Gasteiger partial charge in [-0.2, -0.15) is 0 Å². The van der Waals surface area contributed by atoms with Crippen molar-refractivity contribution in [2.45, 2.75) is 0 Å². The number of carbonyl (C=O) groups is 1. The molecule has 0 aliphatic carbocycles. The van der Waals surface area contributed by atoms with Gasteiger partial charge in [-0.25, -0.2) is 9.37 Å². The fraction of sp³-hybridized carbons (Fsp3) is 0. The molecular weight excluding hydrogens is 221 g/mol. The SMILES string of the molecule is NC(=O)c1nccc(-c2ccc(F)cc2)c1N. The molecule has 4 N–H and O–H groups in total. The van der Waals surface area contributed by atoms with Gasteiger partial charge >= 0.3 is 0 Å². The Morgan fingerprint density at radius 3 is 2.41 bits per heavy atom. The molecule has 0 spiro atoms. The van der Waals surface area contributed by atoms with Crippen LogP contribution in [0.1, 0.15) is 10.5 Å². The second-order valence-electron chi connectivity index (χ2n) is 3.49. The fourth-order valence-electron chi connectivity index (χ4n) is 1.55. The highest BCUT2D eigenvalue weighted by Crippen LogP contribution is 2.27. The lowest BCUT2D eigenvalue weighted by Crippen LogP contribution is -2.15. The summed E-state index contributed by atoms with van der Waals surface area (Å²) < 4.78 is 12.8. The highest BCUT2D eigenvalue weighted by molar-refractivity contribution is 5.99. The van der Waals surface area contributed by atoms with E-state index in [2.05, 4.69) is 4.98 Å². The third-order valence-electron chi connectivity index (χ3n) is 2.38. The molecule has 0 saturated carbocycles. The fourth-order valence-corrected chi connectivity index (χ4v) is 1.55. The zero-order valence-electron chi connectivity index (χ0n) is 8.85. The van der Waals surface area contributed by atoms with Crippen LogP contribution in [0.2, 0.25) is 0 Å². The number of rotatable bonds is 2. The van der Waals surface area contributed by atoms with Crippen molar-refractivity contribution in [1.29, 1.82) is 0 Å². The summed E-state index contributed by atoms with van der Waals surface area (Å²) in [6.45, 7) is 0. The molecule has 0 saturated heterocycles. The first-order chi connectivity index (χ1) is 8.09. The van der Waals surface area contributed by atoms with E-state index < -0.39 is 5.91 Å². The molecule has 1 heterocycles. The minimum absolute atomic E-state index is 0.0202. The number of hydrogen-bond donors (Lipinski definition) is 2. The van der Waals surface area contributed by atoms with Gasteiger partial charge in [-0.1, -0.05) is 12.1 Å². The Bertz CT molecular complexity index is 566. The van der Waals surface area contributed by atoms with Crippen molar-refractivity contribution >= 4 is 11.6 Å². The standard InChI is InChI=1S/C12H10FN3O/c13-8-3-1-7(2-4-8)9-5-6-16-11(10(9)14)12(15)17/h1-6H,14H2,(H2,15,17). The van der Waals surface area contributed by atoms with Crippen LogP contribution in [0.25, 0.3) is 11.1 Å². The number of aromatic nitrogens is 1. The van der Waals surface area contributed by atoms with Crippen LogP contribution in [-0.2, 0) is 0 Å². The van der Waals surface area contributed by atoms with Crippen molar-refractivity contribution in [3.63, 3.8) is 0 Å². The molecule has 86 valence electrons. The number of amides is 1. The molecule has 17 heavy (non-hydrogen) atoms. The van der Waals surface area contributed by atoms with Gasteiger partial charge in [0.1, 0.15) is 5.82 Å². The van der Waals surface area contributed by atoms with E-state index >= 15 is 0 Å². The van der Waals surface area contributed by atoms with Gasteiger partial charge in [0.2, 0.25) is 0 Å². The molecular formula is C12H10FN3O. The van der Waals surface area contributed by atoms with Crippen molar-refractivity contribution in [3.05, 3.63) is 48.0 Å². The number of carbonyl (C=O) groups excluding carboxylic acids is 1. The topological polar surface area (TPSA) is 82.0 Å². The van der Waals surface area contributed by atoms with Gasteiger partial charge in [-0.05, 0) is 23.8 Å². The summed E-state index contributed by atoms with van der Waals surface area (Å²) in [5.41, 5.74) is 12.5. The Kier molecular flexibility index (Phi) is 2.74. The van der Waals surface area contributed by atoms with Gasteiger partial charge in [0.05, 0.1) is 5.69 Å². The first kappa shape index (κ1) is 11.1. The first-order valence-corrected chi connectivity index (χ1v) is 4.90. The van der Waals surface area contributed by atoms with Gasteiger partial charge in [-0.15, -0.1) is 0 Å². The van der Waals surface area contributed by atoms with Gasteiger partial charge in [0.15, 0.2) is 5.69 Å². The van der Waals surface area contributed by atoms with Crippen LogP contribution in [0.5, 0.6) is 0 Å². The monoisotopic (exact) mass is 231 g/mol. The molecule has 2 aromatic rings. The first-order valence-electron chi connectivity index (χ1n) is 4.90. The summed E-state index contributed by atoms with van der Waals surface area (Å²) in [4.78, 5) is 14.9. The predicted molar refractivity (Wildman–Crippen MR) is 62.6 cm³/mol. The molecule has 0 aliphatic heterocycles. The molecule has 0 bridgehead atoms. The second-order valence-corrected chi connectivity index (χ2v) is 3.49. The molecule has 0 unspecified atom stereocenters. The van der Waals surface area contributed by atoms with Crippen molar-refractivity contribution in [1.82, 2.24) is 4.98 Å². The van der Waals surface area contributed by atoms with Crippen LogP contribution in [0.3, 0.4) is 0 Å². The van der Waals surface area contributed by atoms with E-state index in [4.69, 9.17) is 11.5 Å². The van der Waals surface area contributed by atoms with Crippen LogP contribution < -0.4 is 11.5 Å². The highest BCUT2D eigenvalue weighted by atomic mass is 19.1. The van der Waals surface area contributed by atoms with Crippen LogP contribution in [0.4, 0.5) is 10.1 Å². The zero-order chi connectivity index (χ0) is 12.4. The van der Waals surface area contributed by atoms with E-state index in [1.165, 1.54) is 18.3 Å². The van der Waals surface area contributed by atoms with Crippen LogP contribution in [-0.4, -0.2) is 10.9 Å². The van der Waals surface area contributed by atoms with Crippen LogP contribution in [0, 0.1) is 5.82 Å². The third-order valence-corrected chi connectivity index (χ3v) is 2.38. The van der Waals surface area contributed by atoms with Gasteiger partial charge in [0.25, 0.3) is 5.91 Å². The third kappa shape index (κ3) is 2.08. The number of anilines is 1. The van der Waals surface area contributed by atoms with Crippen LogP contribution in [0.15, 0.2) is 36.5 Å². The normalized spacial score (nSPS) is 10.2. The quantitative estimate of drug-likeness (QED) is 0.822. The highest BCUT2D eigenvalue weighted by Gasteiger charge is 2.12. The number of nitrogen functional groups attached to an aromatic ring is 1. The Morgan fingerprint density at radius 1 is 1.18 bits per heavy atom. The van der Waals surface area contributed by atoms with E-state index in [0.29, 0.717) is 11.1 Å². The Morgan fingerprint density at radius 2 is 1.82 bits per heavy atom. The molecule has 4 nitrogen and oxygen atoms in total. The summed E-state index contributed by atoms with van der Waals surface area (Å²) in [5.74, 6) is -1.03. The van der Waals surface area contributed by atoms with Gasteiger partial charge in [0, 0.05) is 11.8 Å². The summed E-state index contributed by atoms with van der Waals surface area (Å²) in [6.07, 6.45) is 1.44. The van der Waals surface area contributed by atoms with E-state index in [9.17, 15) is 9.18 Å². The molecule has 0 radical (unpaired) electrons. The lowest BCUT2D eigenvalue weighted by molar-refractivity contribution is 0.0996. The van der Waals surface area contributed by atoms with E-state index in [1.807, 2.05) is 0 Å². The smallest absolute Gasteiger partial charge is 0.269 e. The number of pyridine rings is 1. The minimum Gasteiger partial charge on any atom is -0.396 e. The van der Waals surface area contributed by atoms with Gasteiger partial charge < -0.3 is 11.5 Å². The zero-order valence-corrected chi connectivity index (χ0v) is 8.85. The Labute approximate surface area is 97.1 Å². The van der Waals surface area contributed by atoms with Crippen LogP contribution >= 0.6 is 0 Å². The number of hydrogen-bond acceptors (Lipinski definition) is 3. The number of nitrogens with two attached hydrogens (primary N) is 2. The maximum absolute atomic E-state index is 12.8. The molecule has 2 rings (SSSR count). The Balaban J connectivity index is 2.56. The maximum Gasteiger partial charge on any atom is 0.269 e. The molecule has 1 aromatic heterocycles. The lowest BCUT2D eigenvalue weighted by atomic mass is 10.0. The van der Waals surface area contributed by atoms with Crippen molar-refractivity contribution in [2.24, 2.45) is 5.73 Å². The second kappa shape index (κ2) is 4.21. The van der Waals surface area contributed by atoms with E-state index in [-0.39, 0.29) is 17.2 Å².